The molecule has 1 N–H and O–H groups in total. The maximum Gasteiger partial charge on any atom is 0.254 e. The summed E-state index contributed by atoms with van der Waals surface area (Å²) in [5, 5.41) is 12.9. The third-order valence-electron chi connectivity index (χ3n) is 5.13. The van der Waals surface area contributed by atoms with E-state index in [-0.39, 0.29) is 11.9 Å². The van der Waals surface area contributed by atoms with Crippen LogP contribution in [0.1, 0.15) is 48.9 Å². The standard InChI is InChI=1S/C22H23N3O/c26-22(23-17-12-6-1-2-7-13-17)20-18-14-8-9-15-19(18)24-25-21(20)16-10-4-3-5-11-16/h3-5,8-11,14-15,17H,1-2,6-7,12-13H2,(H,23,26). The van der Waals surface area contributed by atoms with Crippen molar-refractivity contribution in [3.8, 4) is 11.3 Å². The fourth-order valence-electron chi connectivity index (χ4n) is 3.76. The molecule has 1 amide bonds. The molecule has 1 saturated carbocycles. The molecule has 26 heavy (non-hydrogen) atoms. The van der Waals surface area contributed by atoms with Crippen molar-refractivity contribution in [3.63, 3.8) is 0 Å². The number of carbonyl (C=O) groups excluding carboxylic acids is 1. The second-order valence-corrected chi connectivity index (χ2v) is 6.97. The van der Waals surface area contributed by atoms with Crippen LogP contribution < -0.4 is 5.32 Å². The lowest BCUT2D eigenvalue weighted by Gasteiger charge is -2.18. The van der Waals surface area contributed by atoms with E-state index in [0.717, 1.165) is 29.3 Å². The molecule has 0 bridgehead atoms. The van der Waals surface area contributed by atoms with Crippen LogP contribution in [0.15, 0.2) is 54.6 Å². The summed E-state index contributed by atoms with van der Waals surface area (Å²) < 4.78 is 0. The van der Waals surface area contributed by atoms with Crippen LogP contribution >= 0.6 is 0 Å². The number of fused-ring (bicyclic) bond motifs is 1. The largest absolute Gasteiger partial charge is 0.349 e. The Morgan fingerprint density at radius 1 is 0.846 bits per heavy atom. The maximum absolute atomic E-state index is 13.3. The van der Waals surface area contributed by atoms with Gasteiger partial charge in [-0.05, 0) is 18.9 Å². The van der Waals surface area contributed by atoms with Gasteiger partial charge in [0.25, 0.3) is 5.91 Å². The minimum atomic E-state index is -0.0400. The number of carbonyl (C=O) groups is 1. The Morgan fingerprint density at radius 2 is 1.54 bits per heavy atom. The second kappa shape index (κ2) is 7.65. The van der Waals surface area contributed by atoms with Gasteiger partial charge in [-0.2, -0.15) is 0 Å². The average Bonchev–Trinajstić information content (AvgIpc) is 2.96. The molecule has 4 rings (SSSR count). The van der Waals surface area contributed by atoms with Crippen molar-refractivity contribution in [2.45, 2.75) is 44.6 Å². The predicted molar refractivity (Wildman–Crippen MR) is 104 cm³/mol. The van der Waals surface area contributed by atoms with E-state index in [1.165, 1.54) is 25.7 Å². The van der Waals surface area contributed by atoms with Crippen LogP contribution in [0, 0.1) is 0 Å². The lowest BCUT2D eigenvalue weighted by atomic mass is 10.0. The first-order valence-corrected chi connectivity index (χ1v) is 9.44. The zero-order chi connectivity index (χ0) is 17.8. The van der Waals surface area contributed by atoms with E-state index < -0.39 is 0 Å². The summed E-state index contributed by atoms with van der Waals surface area (Å²) in [4.78, 5) is 13.3. The number of benzene rings is 2. The molecule has 2 aromatic carbocycles. The fraction of sp³-hybridized carbons (Fsp3) is 0.318. The Labute approximate surface area is 153 Å². The third-order valence-corrected chi connectivity index (χ3v) is 5.13. The molecule has 0 aliphatic heterocycles. The number of hydrogen-bond acceptors (Lipinski definition) is 3. The highest BCUT2D eigenvalue weighted by atomic mass is 16.1. The van der Waals surface area contributed by atoms with Crippen molar-refractivity contribution >= 4 is 16.8 Å². The van der Waals surface area contributed by atoms with Crippen molar-refractivity contribution in [3.05, 3.63) is 60.2 Å². The molecule has 132 valence electrons. The quantitative estimate of drug-likeness (QED) is 0.697. The number of rotatable bonds is 3. The molecule has 0 atom stereocenters. The highest BCUT2D eigenvalue weighted by Crippen LogP contribution is 2.27. The Hall–Kier alpha value is -2.75. The van der Waals surface area contributed by atoms with Gasteiger partial charge in [-0.15, -0.1) is 10.2 Å². The van der Waals surface area contributed by atoms with E-state index in [1.807, 2.05) is 54.6 Å². The molecule has 1 aliphatic carbocycles. The Kier molecular flexibility index (Phi) is 4.91. The van der Waals surface area contributed by atoms with Crippen LogP contribution in [-0.2, 0) is 0 Å². The molecule has 1 aliphatic rings. The van der Waals surface area contributed by atoms with Crippen LogP contribution in [0.3, 0.4) is 0 Å². The van der Waals surface area contributed by atoms with E-state index in [0.29, 0.717) is 11.3 Å². The van der Waals surface area contributed by atoms with E-state index in [1.54, 1.807) is 0 Å². The first kappa shape index (κ1) is 16.7. The Bertz CT molecular complexity index is 900. The maximum atomic E-state index is 13.3. The molecule has 0 unspecified atom stereocenters. The number of amides is 1. The molecule has 3 aromatic rings. The summed E-state index contributed by atoms with van der Waals surface area (Å²) in [6, 6.07) is 17.8. The molecule has 0 radical (unpaired) electrons. The van der Waals surface area contributed by atoms with Gasteiger partial charge in [-0.3, -0.25) is 4.79 Å². The predicted octanol–water partition coefficient (Wildman–Crippen LogP) is 4.75. The second-order valence-electron chi connectivity index (χ2n) is 6.97. The molecule has 4 heteroatoms. The summed E-state index contributed by atoms with van der Waals surface area (Å²) in [7, 11) is 0. The highest BCUT2D eigenvalue weighted by molar-refractivity contribution is 6.10. The molecular formula is C22H23N3O. The zero-order valence-corrected chi connectivity index (χ0v) is 14.8. The molecule has 0 saturated heterocycles. The highest BCUT2D eigenvalue weighted by Gasteiger charge is 2.22. The number of hydrogen-bond donors (Lipinski definition) is 1. The molecule has 0 spiro atoms. The van der Waals surface area contributed by atoms with Crippen molar-refractivity contribution in [1.82, 2.24) is 15.5 Å². The smallest absolute Gasteiger partial charge is 0.254 e. The van der Waals surface area contributed by atoms with Gasteiger partial charge in [0.2, 0.25) is 0 Å². The number of aromatic nitrogens is 2. The average molecular weight is 345 g/mol. The Morgan fingerprint density at radius 3 is 2.31 bits per heavy atom. The molecule has 1 heterocycles. The SMILES string of the molecule is O=C(NC1CCCCCC1)c1c(-c2ccccc2)nnc2ccccc12. The van der Waals surface area contributed by atoms with Crippen LogP contribution in [0.4, 0.5) is 0 Å². The van der Waals surface area contributed by atoms with E-state index in [9.17, 15) is 4.79 Å². The summed E-state index contributed by atoms with van der Waals surface area (Å²) >= 11 is 0. The molecule has 4 nitrogen and oxygen atoms in total. The minimum Gasteiger partial charge on any atom is -0.349 e. The lowest BCUT2D eigenvalue weighted by molar-refractivity contribution is 0.0935. The number of nitrogens with zero attached hydrogens (tertiary/aromatic N) is 2. The van der Waals surface area contributed by atoms with Gasteiger partial charge in [0.1, 0.15) is 5.69 Å². The van der Waals surface area contributed by atoms with Gasteiger partial charge >= 0.3 is 0 Å². The normalized spacial score (nSPS) is 15.5. The summed E-state index contributed by atoms with van der Waals surface area (Å²) in [6.07, 6.45) is 7.02. The molecule has 1 fully saturated rings. The van der Waals surface area contributed by atoms with Crippen LogP contribution in [0.5, 0.6) is 0 Å². The van der Waals surface area contributed by atoms with E-state index in [2.05, 4.69) is 15.5 Å². The summed E-state index contributed by atoms with van der Waals surface area (Å²) in [6.45, 7) is 0. The van der Waals surface area contributed by atoms with Gasteiger partial charge in [0, 0.05) is 17.0 Å². The van der Waals surface area contributed by atoms with Gasteiger partial charge in [-0.1, -0.05) is 74.2 Å². The van der Waals surface area contributed by atoms with Crippen molar-refractivity contribution in [1.29, 1.82) is 0 Å². The first-order valence-electron chi connectivity index (χ1n) is 9.44. The fourth-order valence-corrected chi connectivity index (χ4v) is 3.76. The van der Waals surface area contributed by atoms with Gasteiger partial charge < -0.3 is 5.32 Å². The molecule has 1 aromatic heterocycles. The van der Waals surface area contributed by atoms with Crippen molar-refractivity contribution in [2.75, 3.05) is 0 Å². The first-order chi connectivity index (χ1) is 12.8. The lowest BCUT2D eigenvalue weighted by Crippen LogP contribution is -2.35. The third kappa shape index (κ3) is 3.45. The van der Waals surface area contributed by atoms with E-state index in [4.69, 9.17) is 0 Å². The van der Waals surface area contributed by atoms with Crippen LogP contribution in [-0.4, -0.2) is 22.1 Å². The van der Waals surface area contributed by atoms with Crippen molar-refractivity contribution < 1.29 is 4.79 Å². The van der Waals surface area contributed by atoms with Crippen LogP contribution in [0.2, 0.25) is 0 Å². The zero-order valence-electron chi connectivity index (χ0n) is 14.8. The number of nitrogens with one attached hydrogen (secondary N) is 1. The van der Waals surface area contributed by atoms with E-state index >= 15 is 0 Å². The van der Waals surface area contributed by atoms with Gasteiger partial charge in [0.05, 0.1) is 11.1 Å². The van der Waals surface area contributed by atoms with Crippen LogP contribution in [0.25, 0.3) is 22.2 Å². The van der Waals surface area contributed by atoms with Crippen molar-refractivity contribution in [2.24, 2.45) is 0 Å². The Balaban J connectivity index is 1.77. The van der Waals surface area contributed by atoms with Gasteiger partial charge in [0.15, 0.2) is 0 Å². The van der Waals surface area contributed by atoms with Gasteiger partial charge in [-0.25, -0.2) is 0 Å². The minimum absolute atomic E-state index is 0.0400. The molecular weight excluding hydrogens is 322 g/mol. The summed E-state index contributed by atoms with van der Waals surface area (Å²) in [5.74, 6) is -0.0400. The summed E-state index contributed by atoms with van der Waals surface area (Å²) in [5.41, 5.74) is 2.94. The monoisotopic (exact) mass is 345 g/mol. The topological polar surface area (TPSA) is 54.9 Å².